The van der Waals surface area contributed by atoms with Crippen LogP contribution in [0.25, 0.3) is 0 Å². The first-order valence-corrected chi connectivity index (χ1v) is 8.60. The van der Waals surface area contributed by atoms with Crippen molar-refractivity contribution in [2.75, 3.05) is 32.6 Å². The number of hydrogen-bond donors (Lipinski definition) is 1. The lowest BCUT2D eigenvalue weighted by Gasteiger charge is -2.28. The molecular weight excluding hydrogens is 290 g/mol. The molecule has 1 N–H and O–H groups in total. The molecule has 118 valence electrons. The van der Waals surface area contributed by atoms with Crippen LogP contribution in [0.4, 0.5) is 5.69 Å². The highest BCUT2D eigenvalue weighted by molar-refractivity contribution is 7.89. The predicted octanol–water partition coefficient (Wildman–Crippen LogP) is 1.56. The molecule has 0 aliphatic heterocycles. The molecule has 1 atom stereocenters. The monoisotopic (exact) mass is 313 g/mol. The van der Waals surface area contributed by atoms with Gasteiger partial charge in [0.25, 0.3) is 10.0 Å². The van der Waals surface area contributed by atoms with Crippen molar-refractivity contribution in [1.29, 1.82) is 0 Å². The second kappa shape index (κ2) is 6.72. The molecule has 1 unspecified atom stereocenters. The van der Waals surface area contributed by atoms with E-state index in [0.717, 1.165) is 12.8 Å². The summed E-state index contributed by atoms with van der Waals surface area (Å²) in [6, 6.07) is 3.40. The zero-order valence-corrected chi connectivity index (χ0v) is 13.6. The molecule has 1 saturated carbocycles. The fourth-order valence-corrected chi connectivity index (χ4v) is 4.22. The van der Waals surface area contributed by atoms with Crippen LogP contribution in [0.3, 0.4) is 0 Å². The van der Waals surface area contributed by atoms with Crippen molar-refractivity contribution in [2.24, 2.45) is 5.92 Å². The summed E-state index contributed by atoms with van der Waals surface area (Å²) in [6.45, 7) is 2.68. The normalized spacial score (nSPS) is 17.0. The van der Waals surface area contributed by atoms with Gasteiger partial charge in [0.15, 0.2) is 5.03 Å². The number of anilines is 1. The lowest BCUT2D eigenvalue weighted by Crippen LogP contribution is -2.42. The van der Waals surface area contributed by atoms with E-state index in [1.54, 1.807) is 26.3 Å². The van der Waals surface area contributed by atoms with E-state index >= 15 is 0 Å². The van der Waals surface area contributed by atoms with Crippen molar-refractivity contribution in [3.05, 3.63) is 18.3 Å². The smallest absolute Gasteiger partial charge is 0.262 e. The van der Waals surface area contributed by atoms with Gasteiger partial charge in [0.2, 0.25) is 0 Å². The molecule has 1 aromatic heterocycles. The van der Waals surface area contributed by atoms with Crippen LogP contribution in [0.15, 0.2) is 23.4 Å². The molecule has 0 amide bonds. The fraction of sp³-hybridized carbons (Fsp3) is 0.643. The van der Waals surface area contributed by atoms with Gasteiger partial charge in [-0.25, -0.2) is 13.4 Å². The highest BCUT2D eigenvalue weighted by Crippen LogP contribution is 2.37. The van der Waals surface area contributed by atoms with Crippen molar-refractivity contribution in [3.63, 3.8) is 0 Å². The molecule has 21 heavy (non-hydrogen) atoms. The molecule has 0 spiro atoms. The number of sulfonamides is 1. The molecule has 1 aromatic rings. The summed E-state index contributed by atoms with van der Waals surface area (Å²) in [5.41, 5.74) is 0.517. The van der Waals surface area contributed by atoms with Gasteiger partial charge in [0.05, 0.1) is 12.3 Å². The Labute approximate surface area is 126 Å². The van der Waals surface area contributed by atoms with E-state index in [2.05, 4.69) is 10.3 Å². The van der Waals surface area contributed by atoms with Gasteiger partial charge >= 0.3 is 0 Å². The van der Waals surface area contributed by atoms with Gasteiger partial charge in [-0.05, 0) is 37.8 Å². The first-order chi connectivity index (χ1) is 10.0. The molecule has 0 saturated heterocycles. The average Bonchev–Trinajstić information content (AvgIpc) is 3.31. The number of nitrogens with one attached hydrogen (secondary N) is 1. The number of ether oxygens (including phenoxy) is 1. The second-order valence-corrected chi connectivity index (χ2v) is 7.10. The molecular formula is C14H23N3O3S. The zero-order valence-electron chi connectivity index (χ0n) is 12.7. The third-order valence-corrected chi connectivity index (χ3v) is 5.81. The summed E-state index contributed by atoms with van der Waals surface area (Å²) < 4.78 is 32.5. The molecule has 1 aliphatic rings. The summed E-state index contributed by atoms with van der Waals surface area (Å²) >= 11 is 0. The third-order valence-electron chi connectivity index (χ3n) is 3.87. The minimum Gasteiger partial charge on any atom is -0.386 e. The van der Waals surface area contributed by atoms with E-state index < -0.39 is 10.0 Å². The maximum absolute atomic E-state index is 13.0. The largest absolute Gasteiger partial charge is 0.386 e. The van der Waals surface area contributed by atoms with E-state index in [4.69, 9.17) is 4.74 Å². The third kappa shape index (κ3) is 3.53. The first kappa shape index (κ1) is 16.2. The molecule has 1 aliphatic carbocycles. The summed E-state index contributed by atoms with van der Waals surface area (Å²) in [5.74, 6) is 0.443. The van der Waals surface area contributed by atoms with Crippen LogP contribution in [0.1, 0.15) is 19.8 Å². The van der Waals surface area contributed by atoms with Gasteiger partial charge in [-0.1, -0.05) is 0 Å². The van der Waals surface area contributed by atoms with Crippen molar-refractivity contribution < 1.29 is 13.2 Å². The lowest BCUT2D eigenvalue weighted by atomic mass is 10.2. The lowest BCUT2D eigenvalue weighted by molar-refractivity contribution is 0.164. The Balaban J connectivity index is 2.35. The Kier molecular flexibility index (Phi) is 5.18. The molecule has 6 nitrogen and oxygen atoms in total. The number of rotatable bonds is 8. The number of methoxy groups -OCH3 is 1. The highest BCUT2D eigenvalue weighted by atomic mass is 32.2. The predicted molar refractivity (Wildman–Crippen MR) is 81.7 cm³/mol. The fourth-order valence-electron chi connectivity index (χ4n) is 2.44. The van der Waals surface area contributed by atoms with E-state index in [1.165, 1.54) is 10.5 Å². The number of pyridine rings is 1. The van der Waals surface area contributed by atoms with Gasteiger partial charge in [-0.2, -0.15) is 4.31 Å². The maximum atomic E-state index is 13.0. The molecule has 2 rings (SSSR count). The summed E-state index contributed by atoms with van der Waals surface area (Å²) in [4.78, 5) is 4.08. The van der Waals surface area contributed by atoms with Crippen molar-refractivity contribution in [3.8, 4) is 0 Å². The van der Waals surface area contributed by atoms with E-state index in [1.807, 2.05) is 6.92 Å². The van der Waals surface area contributed by atoms with Crippen LogP contribution in [-0.4, -0.2) is 51.1 Å². The Morgan fingerprint density at radius 1 is 1.52 bits per heavy atom. The number of nitrogens with zero attached hydrogens (tertiary/aromatic N) is 2. The van der Waals surface area contributed by atoms with Crippen LogP contribution in [0, 0.1) is 5.92 Å². The van der Waals surface area contributed by atoms with Gasteiger partial charge in [0.1, 0.15) is 0 Å². The van der Waals surface area contributed by atoms with E-state index in [0.29, 0.717) is 24.8 Å². The quantitative estimate of drug-likeness (QED) is 0.788. The van der Waals surface area contributed by atoms with Gasteiger partial charge < -0.3 is 10.1 Å². The number of hydrogen-bond acceptors (Lipinski definition) is 5. The SMILES string of the molecule is CNc1cccnc1S(=O)(=O)N(CCOC)C(C)C1CC1. The molecule has 0 aromatic carbocycles. The Morgan fingerprint density at radius 2 is 2.24 bits per heavy atom. The van der Waals surface area contributed by atoms with Crippen LogP contribution < -0.4 is 5.32 Å². The summed E-state index contributed by atoms with van der Waals surface area (Å²) in [6.07, 6.45) is 3.67. The maximum Gasteiger partial charge on any atom is 0.262 e. The minimum atomic E-state index is -3.64. The zero-order chi connectivity index (χ0) is 15.5. The van der Waals surface area contributed by atoms with Crippen molar-refractivity contribution >= 4 is 15.7 Å². The standard InChI is InChI=1S/C14H23N3O3S/c1-11(12-6-7-12)17(9-10-20-3)21(18,19)14-13(15-2)5-4-8-16-14/h4-5,8,11-12,15H,6-7,9-10H2,1-3H3. The van der Waals surface area contributed by atoms with Crippen molar-refractivity contribution in [1.82, 2.24) is 9.29 Å². The average molecular weight is 313 g/mol. The Hall–Kier alpha value is -1.18. The van der Waals surface area contributed by atoms with Crippen LogP contribution in [-0.2, 0) is 14.8 Å². The minimum absolute atomic E-state index is 0.0307. The highest BCUT2D eigenvalue weighted by Gasteiger charge is 2.39. The van der Waals surface area contributed by atoms with Crippen LogP contribution in [0.2, 0.25) is 0 Å². The van der Waals surface area contributed by atoms with Gasteiger partial charge in [-0.15, -0.1) is 0 Å². The topological polar surface area (TPSA) is 71.5 Å². The summed E-state index contributed by atoms with van der Waals surface area (Å²) in [7, 11) is -0.371. The first-order valence-electron chi connectivity index (χ1n) is 7.16. The van der Waals surface area contributed by atoms with E-state index in [-0.39, 0.29) is 11.1 Å². The molecule has 0 bridgehead atoms. The molecule has 7 heteroatoms. The molecule has 1 heterocycles. The molecule has 0 radical (unpaired) electrons. The summed E-state index contributed by atoms with van der Waals surface area (Å²) in [5, 5.41) is 2.98. The number of aromatic nitrogens is 1. The second-order valence-electron chi connectivity index (χ2n) is 5.29. The van der Waals surface area contributed by atoms with E-state index in [9.17, 15) is 8.42 Å². The van der Waals surface area contributed by atoms with Crippen molar-refractivity contribution in [2.45, 2.75) is 30.8 Å². The van der Waals surface area contributed by atoms with Gasteiger partial charge in [-0.3, -0.25) is 0 Å². The Morgan fingerprint density at radius 3 is 2.81 bits per heavy atom. The molecule has 1 fully saturated rings. The Bertz CT molecular complexity index is 573. The van der Waals surface area contributed by atoms with Crippen LogP contribution >= 0.6 is 0 Å². The van der Waals surface area contributed by atoms with Gasteiger partial charge in [0, 0.05) is 32.9 Å². The van der Waals surface area contributed by atoms with Crippen LogP contribution in [0.5, 0.6) is 0 Å².